The minimum absolute atomic E-state index is 0.144. The zero-order valence-corrected chi connectivity index (χ0v) is 9.35. The maximum absolute atomic E-state index is 11.0. The van der Waals surface area contributed by atoms with Crippen LogP contribution in [0.15, 0.2) is 41.9 Å². The highest BCUT2D eigenvalue weighted by Gasteiger charge is 2.06. The van der Waals surface area contributed by atoms with Crippen LogP contribution in [0.25, 0.3) is 16.8 Å². The van der Waals surface area contributed by atoms with E-state index in [1.54, 1.807) is 24.7 Å². The van der Waals surface area contributed by atoms with Gasteiger partial charge < -0.3 is 4.55 Å². The number of pyridine rings is 1. The number of rotatable bonds is 2. The molecule has 0 bridgehead atoms. The number of nitrogens with one attached hydrogen (secondary N) is 1. The molecule has 3 heterocycles. The largest absolute Gasteiger partial charge is 0.767 e. The fourth-order valence-corrected chi connectivity index (χ4v) is 2.11. The molecule has 0 saturated carbocycles. The summed E-state index contributed by atoms with van der Waals surface area (Å²) in [6.45, 7) is 0. The van der Waals surface area contributed by atoms with Gasteiger partial charge in [0.1, 0.15) is 10.7 Å². The highest BCUT2D eigenvalue weighted by Crippen LogP contribution is 2.20. The van der Waals surface area contributed by atoms with Gasteiger partial charge in [-0.3, -0.25) is 13.7 Å². The Kier molecular flexibility index (Phi) is 2.27. The Morgan fingerprint density at radius 3 is 2.88 bits per heavy atom. The molecule has 1 atom stereocenters. The molecule has 17 heavy (non-hydrogen) atoms. The van der Waals surface area contributed by atoms with E-state index in [9.17, 15) is 8.76 Å². The highest BCUT2D eigenvalue weighted by molar-refractivity contribution is 7.79. The molecule has 0 aromatic carbocycles. The molecular weight excluding hydrogens is 240 g/mol. The van der Waals surface area contributed by atoms with Crippen LogP contribution in [-0.2, 0) is 11.1 Å². The van der Waals surface area contributed by atoms with E-state index in [0.29, 0.717) is 5.65 Å². The molecule has 0 aliphatic carbocycles. The van der Waals surface area contributed by atoms with Gasteiger partial charge in [-0.05, 0) is 23.2 Å². The summed E-state index contributed by atoms with van der Waals surface area (Å²) in [6, 6.07) is 3.63. The van der Waals surface area contributed by atoms with Crippen molar-refractivity contribution < 1.29 is 8.76 Å². The molecular formula is C10H7N4O2S-. The third-order valence-electron chi connectivity index (χ3n) is 2.47. The average molecular weight is 247 g/mol. The molecule has 1 unspecified atom stereocenters. The normalized spacial score (nSPS) is 13.0. The maximum atomic E-state index is 11.0. The molecule has 6 nitrogen and oxygen atoms in total. The number of hydrogen-bond donors (Lipinski definition) is 1. The molecule has 3 aromatic heterocycles. The lowest BCUT2D eigenvalue weighted by atomic mass is 10.2. The van der Waals surface area contributed by atoms with Crippen LogP contribution < -0.4 is 0 Å². The Morgan fingerprint density at radius 1 is 1.29 bits per heavy atom. The monoisotopic (exact) mass is 247 g/mol. The summed E-state index contributed by atoms with van der Waals surface area (Å²) in [4.78, 5) is 4.01. The van der Waals surface area contributed by atoms with Crippen LogP contribution in [0.5, 0.6) is 0 Å². The number of nitrogens with zero attached hydrogens (tertiary/aromatic N) is 3. The predicted octanol–water partition coefficient (Wildman–Crippen LogP) is 0.962. The van der Waals surface area contributed by atoms with Crippen LogP contribution in [0.1, 0.15) is 0 Å². The van der Waals surface area contributed by atoms with Crippen molar-refractivity contribution in [2.45, 2.75) is 5.03 Å². The second kappa shape index (κ2) is 3.79. The topological polar surface area (TPSA) is 86.1 Å². The van der Waals surface area contributed by atoms with E-state index < -0.39 is 11.1 Å². The third-order valence-corrected chi connectivity index (χ3v) is 3.12. The lowest BCUT2D eigenvalue weighted by molar-refractivity contribution is 0.532. The number of H-pyrrole nitrogens is 1. The number of imidazole rings is 1. The summed E-state index contributed by atoms with van der Waals surface area (Å²) in [6.07, 6.45) is 6.47. The van der Waals surface area contributed by atoms with Gasteiger partial charge in [0, 0.05) is 23.5 Å². The van der Waals surface area contributed by atoms with Crippen LogP contribution in [0.3, 0.4) is 0 Å². The summed E-state index contributed by atoms with van der Waals surface area (Å²) in [5.41, 5.74) is 2.36. The lowest BCUT2D eigenvalue weighted by Crippen LogP contribution is -1.95. The van der Waals surface area contributed by atoms with Crippen molar-refractivity contribution in [2.75, 3.05) is 0 Å². The molecule has 1 N–H and O–H groups in total. The smallest absolute Gasteiger partial charge is 0.137 e. The summed E-state index contributed by atoms with van der Waals surface area (Å²) in [7, 11) is 0. The Bertz CT molecular complexity index is 689. The first-order valence-electron chi connectivity index (χ1n) is 4.81. The minimum atomic E-state index is -2.30. The molecule has 0 spiro atoms. The molecule has 3 rings (SSSR count). The fourth-order valence-electron chi connectivity index (χ4n) is 1.66. The Hall–Kier alpha value is -1.99. The van der Waals surface area contributed by atoms with Gasteiger partial charge in [-0.2, -0.15) is 5.10 Å². The second-order valence-corrected chi connectivity index (χ2v) is 4.35. The first-order valence-corrected chi connectivity index (χ1v) is 5.89. The van der Waals surface area contributed by atoms with Gasteiger partial charge in [0.25, 0.3) is 0 Å². The lowest BCUT2D eigenvalue weighted by Gasteiger charge is -2.05. The van der Waals surface area contributed by atoms with Gasteiger partial charge in [0.15, 0.2) is 0 Å². The SMILES string of the molecule is O=S([O-])c1cnc2ccc(-c3cn[nH]c3)cn12. The van der Waals surface area contributed by atoms with E-state index in [2.05, 4.69) is 15.2 Å². The first-order chi connectivity index (χ1) is 8.25. The Balaban J connectivity index is 2.24. The third kappa shape index (κ3) is 1.65. The second-order valence-electron chi connectivity index (χ2n) is 3.46. The summed E-state index contributed by atoms with van der Waals surface area (Å²) in [5.74, 6) is 0. The highest BCUT2D eigenvalue weighted by atomic mass is 32.2. The van der Waals surface area contributed by atoms with Gasteiger partial charge in [0.2, 0.25) is 0 Å². The fraction of sp³-hybridized carbons (Fsp3) is 0. The van der Waals surface area contributed by atoms with Gasteiger partial charge >= 0.3 is 0 Å². The summed E-state index contributed by atoms with van der Waals surface area (Å²) < 4.78 is 23.5. The van der Waals surface area contributed by atoms with Crippen molar-refractivity contribution in [3.63, 3.8) is 0 Å². The van der Waals surface area contributed by atoms with Crippen molar-refractivity contribution in [1.82, 2.24) is 19.6 Å². The summed E-state index contributed by atoms with van der Waals surface area (Å²) >= 11 is -2.30. The maximum Gasteiger partial charge on any atom is 0.137 e. The van der Waals surface area contributed by atoms with E-state index in [4.69, 9.17) is 0 Å². The van der Waals surface area contributed by atoms with Gasteiger partial charge in [-0.1, -0.05) is 0 Å². The van der Waals surface area contributed by atoms with Crippen molar-refractivity contribution in [2.24, 2.45) is 0 Å². The average Bonchev–Trinajstić information content (AvgIpc) is 2.97. The van der Waals surface area contributed by atoms with Crippen LogP contribution in [0.4, 0.5) is 0 Å². The molecule has 3 aromatic rings. The van der Waals surface area contributed by atoms with Crippen molar-refractivity contribution in [3.05, 3.63) is 36.9 Å². The Labute approximate surface area is 98.6 Å². The quantitative estimate of drug-likeness (QED) is 0.683. The molecule has 86 valence electrons. The molecule has 0 saturated heterocycles. The summed E-state index contributed by atoms with van der Waals surface area (Å²) in [5, 5.41) is 6.71. The molecule has 0 radical (unpaired) electrons. The standard InChI is InChI=1S/C10H8N4O2S/c15-17(16)10-5-11-9-2-1-7(6-14(9)10)8-3-12-13-4-8/h1-6H,(H,12,13)(H,15,16)/p-1. The Morgan fingerprint density at radius 2 is 2.18 bits per heavy atom. The number of aromatic nitrogens is 4. The van der Waals surface area contributed by atoms with Crippen LogP contribution in [0.2, 0.25) is 0 Å². The van der Waals surface area contributed by atoms with E-state index >= 15 is 0 Å². The number of fused-ring (bicyclic) bond motifs is 1. The molecule has 0 fully saturated rings. The van der Waals surface area contributed by atoms with Gasteiger partial charge in [-0.25, -0.2) is 4.98 Å². The van der Waals surface area contributed by atoms with Gasteiger partial charge in [-0.15, -0.1) is 0 Å². The van der Waals surface area contributed by atoms with Crippen molar-refractivity contribution in [1.29, 1.82) is 0 Å². The van der Waals surface area contributed by atoms with E-state index in [0.717, 1.165) is 11.1 Å². The van der Waals surface area contributed by atoms with Crippen LogP contribution >= 0.6 is 0 Å². The zero-order chi connectivity index (χ0) is 11.8. The first kappa shape index (κ1) is 10.2. The molecule has 0 amide bonds. The molecule has 7 heteroatoms. The minimum Gasteiger partial charge on any atom is -0.767 e. The predicted molar refractivity (Wildman–Crippen MR) is 60.0 cm³/mol. The van der Waals surface area contributed by atoms with Crippen LogP contribution in [0, 0.1) is 0 Å². The zero-order valence-electron chi connectivity index (χ0n) is 8.53. The van der Waals surface area contributed by atoms with E-state index in [1.807, 2.05) is 6.07 Å². The van der Waals surface area contributed by atoms with Crippen LogP contribution in [-0.4, -0.2) is 28.3 Å². The number of aromatic amines is 1. The van der Waals surface area contributed by atoms with E-state index in [1.165, 1.54) is 10.6 Å². The molecule has 0 aliphatic heterocycles. The van der Waals surface area contributed by atoms with Crippen molar-refractivity contribution in [3.8, 4) is 11.1 Å². The van der Waals surface area contributed by atoms with Gasteiger partial charge in [0.05, 0.1) is 12.4 Å². The van der Waals surface area contributed by atoms with Crippen molar-refractivity contribution >= 4 is 16.7 Å². The molecule has 0 aliphatic rings. The van der Waals surface area contributed by atoms with E-state index in [-0.39, 0.29) is 5.03 Å². The number of hydrogen-bond acceptors (Lipinski definition) is 4.